The van der Waals surface area contributed by atoms with Crippen molar-refractivity contribution in [2.24, 2.45) is 11.1 Å². The van der Waals surface area contributed by atoms with E-state index in [1.165, 1.54) is 25.7 Å². The maximum Gasteiger partial charge on any atom is 0.220 e. The number of rotatable bonds is 9. The molecule has 3 N–H and O–H groups in total. The van der Waals surface area contributed by atoms with E-state index in [1.807, 2.05) is 13.8 Å². The van der Waals surface area contributed by atoms with Crippen LogP contribution in [-0.4, -0.2) is 18.0 Å². The van der Waals surface area contributed by atoms with E-state index >= 15 is 0 Å². The first kappa shape index (κ1) is 17.4. The minimum Gasteiger partial charge on any atom is -0.356 e. The van der Waals surface area contributed by atoms with E-state index in [0.717, 1.165) is 13.0 Å². The zero-order chi connectivity index (χ0) is 14.2. The number of nitrogens with two attached hydrogens (primary N) is 1. The highest BCUT2D eigenvalue weighted by atomic mass is 16.1. The van der Waals surface area contributed by atoms with Crippen LogP contribution in [0.3, 0.4) is 0 Å². The second-order valence-electron chi connectivity index (χ2n) is 6.89. The average molecular weight is 256 g/mol. The Bertz CT molecular complexity index is 241. The highest BCUT2D eigenvalue weighted by molar-refractivity contribution is 5.75. The van der Waals surface area contributed by atoms with Gasteiger partial charge >= 0.3 is 0 Å². The van der Waals surface area contributed by atoms with Crippen LogP contribution in [0.5, 0.6) is 0 Å². The Balaban J connectivity index is 3.82. The average Bonchev–Trinajstić information content (AvgIpc) is 2.23. The molecule has 0 aliphatic carbocycles. The molecule has 108 valence electrons. The van der Waals surface area contributed by atoms with Crippen LogP contribution in [0.15, 0.2) is 0 Å². The monoisotopic (exact) mass is 256 g/mol. The van der Waals surface area contributed by atoms with Crippen LogP contribution >= 0.6 is 0 Å². The van der Waals surface area contributed by atoms with E-state index in [9.17, 15) is 4.79 Å². The van der Waals surface area contributed by atoms with Crippen molar-refractivity contribution in [2.45, 2.75) is 78.7 Å². The van der Waals surface area contributed by atoms with Gasteiger partial charge in [-0.05, 0) is 32.1 Å². The Morgan fingerprint density at radius 2 is 1.72 bits per heavy atom. The van der Waals surface area contributed by atoms with Gasteiger partial charge in [-0.1, -0.05) is 40.0 Å². The number of unbranched alkanes of at least 4 members (excludes halogenated alkanes) is 2. The number of carbonyl (C=O) groups is 1. The van der Waals surface area contributed by atoms with Gasteiger partial charge in [0.05, 0.1) is 0 Å². The largest absolute Gasteiger partial charge is 0.356 e. The fraction of sp³-hybridized carbons (Fsp3) is 0.933. The number of hydrogen-bond donors (Lipinski definition) is 2. The van der Waals surface area contributed by atoms with Crippen LogP contribution < -0.4 is 11.1 Å². The fourth-order valence-electron chi connectivity index (χ4n) is 1.80. The summed E-state index contributed by atoms with van der Waals surface area (Å²) in [6.07, 6.45) is 6.19. The fourth-order valence-corrected chi connectivity index (χ4v) is 1.80. The molecule has 0 aliphatic rings. The van der Waals surface area contributed by atoms with Gasteiger partial charge in [0.25, 0.3) is 0 Å². The van der Waals surface area contributed by atoms with E-state index in [2.05, 4.69) is 26.1 Å². The summed E-state index contributed by atoms with van der Waals surface area (Å²) in [6.45, 7) is 11.3. The maximum absolute atomic E-state index is 11.7. The topological polar surface area (TPSA) is 55.1 Å². The molecule has 0 atom stereocenters. The summed E-state index contributed by atoms with van der Waals surface area (Å²) in [4.78, 5) is 11.7. The van der Waals surface area contributed by atoms with Crippen LogP contribution in [0.4, 0.5) is 0 Å². The molecule has 0 heterocycles. The van der Waals surface area contributed by atoms with Crippen molar-refractivity contribution in [2.75, 3.05) is 6.54 Å². The lowest BCUT2D eigenvalue weighted by Crippen LogP contribution is -2.37. The van der Waals surface area contributed by atoms with Gasteiger partial charge in [0.15, 0.2) is 0 Å². The van der Waals surface area contributed by atoms with Crippen LogP contribution in [0.2, 0.25) is 0 Å². The van der Waals surface area contributed by atoms with Crippen LogP contribution in [0.25, 0.3) is 0 Å². The maximum atomic E-state index is 11.7. The molecule has 3 nitrogen and oxygen atoms in total. The molecule has 0 aromatic rings. The van der Waals surface area contributed by atoms with Crippen LogP contribution in [0.1, 0.15) is 73.1 Å². The molecule has 3 heteroatoms. The number of hydrogen-bond acceptors (Lipinski definition) is 2. The van der Waals surface area contributed by atoms with Crippen molar-refractivity contribution in [1.82, 2.24) is 5.32 Å². The Morgan fingerprint density at radius 1 is 1.11 bits per heavy atom. The van der Waals surface area contributed by atoms with Gasteiger partial charge in [-0.15, -0.1) is 0 Å². The third kappa shape index (κ3) is 10.6. The first-order valence-electron chi connectivity index (χ1n) is 7.22. The molecule has 0 saturated heterocycles. The molecule has 0 aromatic carbocycles. The van der Waals surface area contributed by atoms with Crippen molar-refractivity contribution in [1.29, 1.82) is 0 Å². The van der Waals surface area contributed by atoms with Crippen LogP contribution in [0, 0.1) is 5.41 Å². The molecule has 0 saturated carbocycles. The summed E-state index contributed by atoms with van der Waals surface area (Å²) >= 11 is 0. The van der Waals surface area contributed by atoms with E-state index in [4.69, 9.17) is 5.73 Å². The Labute approximate surface area is 113 Å². The number of nitrogens with one attached hydrogen (secondary N) is 1. The summed E-state index contributed by atoms with van der Waals surface area (Å²) in [7, 11) is 0. The van der Waals surface area contributed by atoms with Gasteiger partial charge in [-0.2, -0.15) is 0 Å². The van der Waals surface area contributed by atoms with Crippen molar-refractivity contribution in [3.05, 3.63) is 0 Å². The summed E-state index contributed by atoms with van der Waals surface area (Å²) in [5.74, 6) is 0.122. The zero-order valence-corrected chi connectivity index (χ0v) is 12.9. The van der Waals surface area contributed by atoms with Gasteiger partial charge in [0.1, 0.15) is 0 Å². The van der Waals surface area contributed by atoms with Gasteiger partial charge in [-0.3, -0.25) is 4.79 Å². The highest BCUT2D eigenvalue weighted by Gasteiger charge is 2.19. The predicted octanol–water partition coefficient (Wildman–Crippen LogP) is 3.23. The normalized spacial score (nSPS) is 12.6. The lowest BCUT2D eigenvalue weighted by Gasteiger charge is -2.25. The molecule has 0 spiro atoms. The number of amides is 1. The molecule has 18 heavy (non-hydrogen) atoms. The molecular formula is C15H32N2O. The minimum absolute atomic E-state index is 0.122. The van der Waals surface area contributed by atoms with Crippen molar-refractivity contribution < 1.29 is 4.79 Å². The Kier molecular flexibility index (Phi) is 7.53. The lowest BCUT2D eigenvalue weighted by molar-refractivity contribution is -0.121. The number of carbonyl (C=O) groups excluding carboxylic acids is 1. The summed E-state index contributed by atoms with van der Waals surface area (Å²) in [6, 6.07) is 0. The Hall–Kier alpha value is -0.570. The van der Waals surface area contributed by atoms with E-state index in [1.54, 1.807) is 0 Å². The summed E-state index contributed by atoms with van der Waals surface area (Å²) < 4.78 is 0. The molecule has 1 amide bonds. The van der Waals surface area contributed by atoms with Gasteiger partial charge in [0, 0.05) is 18.5 Å². The van der Waals surface area contributed by atoms with E-state index in [-0.39, 0.29) is 16.9 Å². The predicted molar refractivity (Wildman–Crippen MR) is 78.4 cm³/mol. The third-order valence-corrected chi connectivity index (χ3v) is 3.22. The quantitative estimate of drug-likeness (QED) is 0.622. The molecule has 0 fully saturated rings. The second-order valence-corrected chi connectivity index (χ2v) is 6.89. The van der Waals surface area contributed by atoms with Gasteiger partial charge in [0.2, 0.25) is 5.91 Å². The zero-order valence-electron chi connectivity index (χ0n) is 12.9. The SMILES string of the molecule is CCCCCC(C)(C)CNC(=O)CCC(C)(C)N. The lowest BCUT2D eigenvalue weighted by atomic mass is 9.87. The summed E-state index contributed by atoms with van der Waals surface area (Å²) in [5, 5.41) is 3.03. The molecule has 0 bridgehead atoms. The third-order valence-electron chi connectivity index (χ3n) is 3.22. The van der Waals surface area contributed by atoms with E-state index < -0.39 is 0 Å². The van der Waals surface area contributed by atoms with Gasteiger partial charge in [-0.25, -0.2) is 0 Å². The van der Waals surface area contributed by atoms with Gasteiger partial charge < -0.3 is 11.1 Å². The summed E-state index contributed by atoms with van der Waals surface area (Å²) in [5.41, 5.74) is 5.81. The van der Waals surface area contributed by atoms with Crippen molar-refractivity contribution >= 4 is 5.91 Å². The standard InChI is InChI=1S/C15H32N2O/c1-6-7-8-10-14(2,3)12-17-13(18)9-11-15(4,5)16/h6-12,16H2,1-5H3,(H,17,18). The molecule has 0 rings (SSSR count). The molecule has 0 unspecified atom stereocenters. The van der Waals surface area contributed by atoms with Crippen molar-refractivity contribution in [3.8, 4) is 0 Å². The second kappa shape index (κ2) is 7.78. The Morgan fingerprint density at radius 3 is 2.22 bits per heavy atom. The first-order chi connectivity index (χ1) is 8.16. The first-order valence-corrected chi connectivity index (χ1v) is 7.22. The molecule has 0 aromatic heterocycles. The van der Waals surface area contributed by atoms with E-state index in [0.29, 0.717) is 6.42 Å². The molecule has 0 aliphatic heterocycles. The molecular weight excluding hydrogens is 224 g/mol. The highest BCUT2D eigenvalue weighted by Crippen LogP contribution is 2.22. The van der Waals surface area contributed by atoms with Crippen LogP contribution in [-0.2, 0) is 4.79 Å². The molecule has 0 radical (unpaired) electrons. The van der Waals surface area contributed by atoms with Crippen molar-refractivity contribution in [3.63, 3.8) is 0 Å². The smallest absolute Gasteiger partial charge is 0.220 e. The minimum atomic E-state index is -0.256.